The molecule has 2 aliphatic rings. The van der Waals surface area contributed by atoms with E-state index in [-0.39, 0.29) is 23.7 Å². The number of fused-ring (bicyclic) bond motifs is 2. The monoisotopic (exact) mass is 1080 g/mol. The zero-order valence-electron chi connectivity index (χ0n) is 43.2. The molecule has 76 heavy (non-hydrogen) atoms. The molecule has 1 saturated heterocycles. The number of benzene rings is 4. The third kappa shape index (κ3) is 11.1. The number of ether oxygens (including phenoxy) is 3. The zero-order valence-corrected chi connectivity index (χ0v) is 45.7. The van der Waals surface area contributed by atoms with Crippen LogP contribution in [-0.2, 0) is 52.7 Å². The van der Waals surface area contributed by atoms with Gasteiger partial charge in [-0.2, -0.15) is 9.38 Å². The van der Waals surface area contributed by atoms with Crippen molar-refractivity contribution in [2.45, 2.75) is 74.5 Å². The van der Waals surface area contributed by atoms with E-state index in [1.165, 1.54) is 53.6 Å². The molecule has 2 aliphatic heterocycles. The Labute approximate surface area is 453 Å². The number of rotatable bonds is 19. The summed E-state index contributed by atoms with van der Waals surface area (Å²) >= 11 is 4.06. The van der Waals surface area contributed by atoms with Gasteiger partial charge in [-0.1, -0.05) is 120 Å². The van der Waals surface area contributed by atoms with Crippen molar-refractivity contribution in [1.82, 2.24) is 24.6 Å². The number of methoxy groups -OCH3 is 1. The van der Waals surface area contributed by atoms with E-state index in [1.807, 2.05) is 125 Å². The summed E-state index contributed by atoms with van der Waals surface area (Å²) in [5.74, 6) is -0.794. The van der Waals surface area contributed by atoms with Crippen molar-refractivity contribution in [2.24, 2.45) is 12.2 Å². The van der Waals surface area contributed by atoms with Crippen LogP contribution in [0.25, 0.3) is 5.65 Å². The molecule has 17 nitrogen and oxygen atoms in total. The van der Waals surface area contributed by atoms with Crippen LogP contribution in [0.5, 0.6) is 5.75 Å². The summed E-state index contributed by atoms with van der Waals surface area (Å²) < 4.78 is 20.8. The number of thioether (sulfide) groups is 2. The van der Waals surface area contributed by atoms with Crippen LogP contribution in [0.15, 0.2) is 161 Å². The lowest BCUT2D eigenvalue weighted by Crippen LogP contribution is -2.71. The fourth-order valence-electron chi connectivity index (χ4n) is 8.63. The molecule has 1 fully saturated rings. The first-order valence-corrected chi connectivity index (χ1v) is 27.3. The van der Waals surface area contributed by atoms with E-state index >= 15 is 0 Å². The zero-order chi connectivity index (χ0) is 53.8. The van der Waals surface area contributed by atoms with Crippen molar-refractivity contribution >= 4 is 80.9 Å². The lowest BCUT2D eigenvalue weighted by molar-refractivity contribution is -0.644. The topological polar surface area (TPSA) is 191 Å². The smallest absolute Gasteiger partial charge is 0.355 e. The van der Waals surface area contributed by atoms with Crippen molar-refractivity contribution in [1.29, 1.82) is 0 Å². The highest BCUT2D eigenvalue weighted by Gasteiger charge is 2.55. The third-order valence-corrected chi connectivity index (χ3v) is 15.7. The predicted molar refractivity (Wildman–Crippen MR) is 294 cm³/mol. The molecule has 2 atom stereocenters. The first kappa shape index (κ1) is 53.2. The van der Waals surface area contributed by atoms with Crippen molar-refractivity contribution in [2.75, 3.05) is 36.3 Å². The van der Waals surface area contributed by atoms with Gasteiger partial charge in [0.25, 0.3) is 22.6 Å². The van der Waals surface area contributed by atoms with Crippen molar-refractivity contribution in [3.05, 3.63) is 178 Å². The molecule has 0 saturated carbocycles. The highest BCUT2D eigenvalue weighted by atomic mass is 32.2. The van der Waals surface area contributed by atoms with Crippen LogP contribution < -0.4 is 25.3 Å². The van der Waals surface area contributed by atoms with Gasteiger partial charge in [-0.15, -0.1) is 23.1 Å². The largest absolute Gasteiger partial charge is 0.497 e. The van der Waals surface area contributed by atoms with Crippen LogP contribution in [0, 0.1) is 0 Å². The second-order valence-electron chi connectivity index (χ2n) is 19.4. The third-order valence-electron chi connectivity index (χ3n) is 12.6. The average Bonchev–Trinajstić information content (AvgIpc) is 4.09. The number of hydrogen-bond acceptors (Lipinski definition) is 16. The maximum absolute atomic E-state index is 14.8. The van der Waals surface area contributed by atoms with Gasteiger partial charge in [0, 0.05) is 23.9 Å². The van der Waals surface area contributed by atoms with Crippen LogP contribution in [0.3, 0.4) is 0 Å². The number of aromatic nitrogens is 4. The van der Waals surface area contributed by atoms with Gasteiger partial charge in [-0.3, -0.25) is 14.5 Å². The second kappa shape index (κ2) is 22.3. The number of nitrogens with zero attached hydrogens (tertiary/aromatic N) is 6. The van der Waals surface area contributed by atoms with Crippen LogP contribution in [0.4, 0.5) is 10.9 Å². The van der Waals surface area contributed by atoms with E-state index in [4.69, 9.17) is 29.0 Å². The quantitative estimate of drug-likeness (QED) is 0.0103. The van der Waals surface area contributed by atoms with Crippen molar-refractivity contribution < 1.29 is 42.8 Å². The number of oxime groups is 1. The van der Waals surface area contributed by atoms with Gasteiger partial charge < -0.3 is 35.0 Å². The van der Waals surface area contributed by atoms with Gasteiger partial charge in [0.2, 0.25) is 5.60 Å². The second-order valence-corrected chi connectivity index (χ2v) is 22.3. The summed E-state index contributed by atoms with van der Waals surface area (Å²) in [5, 5.41) is 16.1. The van der Waals surface area contributed by atoms with E-state index < -0.39 is 51.9 Å². The molecule has 5 heterocycles. The summed E-state index contributed by atoms with van der Waals surface area (Å²) in [7, 11) is 5.31. The number of imidazole rings is 1. The van der Waals surface area contributed by atoms with Gasteiger partial charge >= 0.3 is 11.9 Å². The highest BCUT2D eigenvalue weighted by Crippen LogP contribution is 2.43. The Balaban J connectivity index is 1.03. The van der Waals surface area contributed by atoms with E-state index in [2.05, 4.69) is 21.1 Å². The maximum atomic E-state index is 14.8. The summed E-state index contributed by atoms with van der Waals surface area (Å²) in [6.45, 7) is 8.12. The number of esters is 2. The van der Waals surface area contributed by atoms with E-state index in [9.17, 15) is 19.2 Å². The van der Waals surface area contributed by atoms with Crippen molar-refractivity contribution in [3.8, 4) is 5.75 Å². The van der Waals surface area contributed by atoms with E-state index in [0.29, 0.717) is 38.9 Å². The minimum absolute atomic E-state index is 0.0634. The molecule has 0 radical (unpaired) electrons. The van der Waals surface area contributed by atoms with E-state index in [1.54, 1.807) is 64.6 Å². The van der Waals surface area contributed by atoms with Crippen LogP contribution in [0.1, 0.15) is 62.6 Å². The molecule has 7 aromatic rings. The fourth-order valence-corrected chi connectivity index (χ4v) is 11.9. The number of β-lactam (4-membered cyclic amide) rings is 1. The minimum atomic E-state index is -1.66. The summed E-state index contributed by atoms with van der Waals surface area (Å²) in [4.78, 5) is 74.3. The molecule has 9 rings (SSSR count). The lowest BCUT2D eigenvalue weighted by Gasteiger charge is -2.49. The van der Waals surface area contributed by atoms with Gasteiger partial charge in [0.1, 0.15) is 64.5 Å². The Kier molecular flexibility index (Phi) is 15.6. The summed E-state index contributed by atoms with van der Waals surface area (Å²) in [6, 6.07) is 38.0. The molecule has 4 aromatic carbocycles. The fraction of sp³-hybridized carbons (Fsp3) is 0.286. The van der Waals surface area contributed by atoms with Crippen molar-refractivity contribution in [3.63, 3.8) is 0 Å². The normalized spacial score (nSPS) is 15.9. The van der Waals surface area contributed by atoms with Crippen LogP contribution in [-0.4, -0.2) is 97.0 Å². The SMILES string of the molecule is CNc1cc2n(cc[n+]2C)c(SCC2=C(C(=O)OCc3ccc(OC)cc3)N3C(=O)C(NC(=O)/C(=N\OC(C)(C)C(=O)OC(C)(C)C)c4csc(NC(c5ccccc5)(c5ccccc5)c5ccccc5)n4)C3SC2)n1. The molecular weight excluding hydrogens is 1020 g/mol. The Morgan fingerprint density at radius 2 is 1.51 bits per heavy atom. The van der Waals surface area contributed by atoms with Gasteiger partial charge in [-0.05, 0) is 74.6 Å². The van der Waals surface area contributed by atoms with Crippen LogP contribution in [0.2, 0.25) is 0 Å². The Morgan fingerprint density at radius 3 is 2.11 bits per heavy atom. The molecule has 3 N–H and O–H groups in total. The Bertz CT molecular complexity index is 3230. The van der Waals surface area contributed by atoms with Gasteiger partial charge in [0.05, 0.1) is 20.2 Å². The molecular formula is C56H58N9O8S3+. The Morgan fingerprint density at radius 1 is 0.882 bits per heavy atom. The molecule has 0 spiro atoms. The van der Waals surface area contributed by atoms with Gasteiger partial charge in [-0.25, -0.2) is 19.1 Å². The van der Waals surface area contributed by atoms with Gasteiger partial charge in [0.15, 0.2) is 10.8 Å². The first-order chi connectivity index (χ1) is 36.5. The Hall–Kier alpha value is -7.68. The number of amides is 2. The molecule has 0 bridgehead atoms. The maximum Gasteiger partial charge on any atom is 0.355 e. The summed E-state index contributed by atoms with van der Waals surface area (Å²) in [6.07, 6.45) is 3.84. The first-order valence-electron chi connectivity index (χ1n) is 24.4. The average molecular weight is 1080 g/mol. The number of carbonyl (C=O) groups excluding carboxylic acids is 4. The molecule has 3 aromatic heterocycles. The van der Waals surface area contributed by atoms with Crippen LogP contribution >= 0.6 is 34.9 Å². The number of nitrogens with one attached hydrogen (secondary N) is 3. The lowest BCUT2D eigenvalue weighted by atomic mass is 9.77. The molecule has 0 aliphatic carbocycles. The number of thiazole rings is 1. The summed E-state index contributed by atoms with van der Waals surface area (Å²) in [5.41, 5.74) is 1.53. The number of hydrogen-bond donors (Lipinski definition) is 3. The number of aryl methyl sites for hydroxylation is 1. The van der Waals surface area contributed by atoms with E-state index in [0.717, 1.165) is 27.9 Å². The number of anilines is 2. The predicted octanol–water partition coefficient (Wildman–Crippen LogP) is 8.10. The minimum Gasteiger partial charge on any atom is -0.497 e. The highest BCUT2D eigenvalue weighted by molar-refractivity contribution is 8.01. The molecule has 20 heteroatoms. The molecule has 392 valence electrons. The standard InChI is InChI=1S/C56H57N9O8S3/c1-54(2,3)72-51(69)55(4,5)73-62-44(41-34-75-52(58-41)61-56(37-18-12-9-13-19-37,38-20-14-10-15-21-38)39-22-16-11-17-23-39)47(66)60-45-48(67)65-46(50(68)71-31-35-24-26-40(70-8)27-25-35)36(32-74-49(45)65)33-76-53-59-42(57-6)30-43-63(7)28-29-64(43)53/h9-30,34,45,49H,31-33H2,1-8H3,(H2,58,60,61,66)/p+1/b62-44-. The number of carbonyl (C=O) groups is 4. The molecule has 2 unspecified atom stereocenters. The molecule has 2 amide bonds.